The lowest BCUT2D eigenvalue weighted by Gasteiger charge is -2.14. The number of hydrogen-bond acceptors (Lipinski definition) is 3. The van der Waals surface area contributed by atoms with Gasteiger partial charge in [0.15, 0.2) is 0 Å². The third-order valence-electron chi connectivity index (χ3n) is 2.41. The Morgan fingerprint density at radius 2 is 2.19 bits per heavy atom. The number of nitrogens with two attached hydrogens (primary N) is 1. The molecular formula is C10H10FN3O2. The Hall–Kier alpha value is -2.11. The second-order valence-corrected chi connectivity index (χ2v) is 3.45. The molecule has 1 saturated heterocycles. The summed E-state index contributed by atoms with van der Waals surface area (Å²) in [4.78, 5) is 23.5. The summed E-state index contributed by atoms with van der Waals surface area (Å²) in [5, 5.41) is 2.35. The standard InChI is InChI=1S/C10H10FN3O2/c11-7-2-1-3-8(12)6(7)5-14-9(15)4-13-10(14)16/h1-3H,4-5,12H2,(H,13,16). The number of rotatable bonds is 2. The third-order valence-corrected chi connectivity index (χ3v) is 2.41. The van der Waals surface area contributed by atoms with E-state index in [-0.39, 0.29) is 30.2 Å². The smallest absolute Gasteiger partial charge is 0.324 e. The third kappa shape index (κ3) is 1.69. The van der Waals surface area contributed by atoms with E-state index < -0.39 is 11.8 Å². The zero-order valence-corrected chi connectivity index (χ0v) is 8.37. The minimum Gasteiger partial charge on any atom is -0.398 e. The highest BCUT2D eigenvalue weighted by atomic mass is 19.1. The van der Waals surface area contributed by atoms with Crippen molar-refractivity contribution in [3.8, 4) is 0 Å². The Morgan fingerprint density at radius 3 is 2.75 bits per heavy atom. The lowest BCUT2D eigenvalue weighted by Crippen LogP contribution is -2.31. The number of urea groups is 1. The van der Waals surface area contributed by atoms with Crippen molar-refractivity contribution >= 4 is 17.6 Å². The van der Waals surface area contributed by atoms with Gasteiger partial charge in [-0.05, 0) is 12.1 Å². The zero-order chi connectivity index (χ0) is 11.7. The molecule has 0 atom stereocenters. The molecule has 16 heavy (non-hydrogen) atoms. The Kier molecular flexibility index (Phi) is 2.47. The van der Waals surface area contributed by atoms with Crippen LogP contribution in [0.15, 0.2) is 18.2 Å². The van der Waals surface area contributed by atoms with Gasteiger partial charge in [-0.3, -0.25) is 9.69 Å². The summed E-state index contributed by atoms with van der Waals surface area (Å²) in [6, 6.07) is 3.72. The monoisotopic (exact) mass is 223 g/mol. The van der Waals surface area contributed by atoms with Crippen LogP contribution in [-0.4, -0.2) is 23.4 Å². The van der Waals surface area contributed by atoms with E-state index in [1.54, 1.807) is 0 Å². The quantitative estimate of drug-likeness (QED) is 0.565. The number of halogens is 1. The molecule has 0 bridgehead atoms. The molecule has 1 heterocycles. The van der Waals surface area contributed by atoms with Crippen LogP contribution in [0.4, 0.5) is 14.9 Å². The van der Waals surface area contributed by atoms with E-state index in [0.717, 1.165) is 4.90 Å². The van der Waals surface area contributed by atoms with Gasteiger partial charge in [0.25, 0.3) is 0 Å². The first-order valence-corrected chi connectivity index (χ1v) is 4.70. The largest absolute Gasteiger partial charge is 0.398 e. The summed E-state index contributed by atoms with van der Waals surface area (Å²) in [6.07, 6.45) is 0. The predicted octanol–water partition coefficient (Wildman–Crippen LogP) is 0.460. The summed E-state index contributed by atoms with van der Waals surface area (Å²) in [7, 11) is 0. The van der Waals surface area contributed by atoms with Crippen LogP contribution in [0.1, 0.15) is 5.56 Å². The van der Waals surface area contributed by atoms with Gasteiger partial charge in [0.2, 0.25) is 5.91 Å². The second kappa shape index (κ2) is 3.80. The van der Waals surface area contributed by atoms with Gasteiger partial charge in [-0.25, -0.2) is 9.18 Å². The molecule has 0 unspecified atom stereocenters. The Morgan fingerprint density at radius 1 is 1.44 bits per heavy atom. The van der Waals surface area contributed by atoms with E-state index in [4.69, 9.17) is 5.73 Å². The predicted molar refractivity (Wildman–Crippen MR) is 54.8 cm³/mol. The summed E-state index contributed by atoms with van der Waals surface area (Å²) in [6.45, 7) is -0.184. The molecule has 1 aliphatic rings. The minimum absolute atomic E-state index is 0.0484. The van der Waals surface area contributed by atoms with Crippen molar-refractivity contribution in [3.05, 3.63) is 29.6 Å². The van der Waals surface area contributed by atoms with E-state index in [9.17, 15) is 14.0 Å². The van der Waals surface area contributed by atoms with Crippen LogP contribution >= 0.6 is 0 Å². The molecule has 0 aromatic heterocycles. The maximum absolute atomic E-state index is 13.4. The molecule has 84 valence electrons. The molecule has 5 nitrogen and oxygen atoms in total. The molecule has 0 aliphatic carbocycles. The Labute approximate surface area is 91.0 Å². The maximum Gasteiger partial charge on any atom is 0.324 e. The number of nitrogen functional groups attached to an aromatic ring is 1. The number of benzene rings is 1. The van der Waals surface area contributed by atoms with Crippen LogP contribution in [0.2, 0.25) is 0 Å². The van der Waals surface area contributed by atoms with Crippen LogP contribution in [0.5, 0.6) is 0 Å². The number of nitrogens with zero attached hydrogens (tertiary/aromatic N) is 1. The SMILES string of the molecule is Nc1cccc(F)c1CN1C(=O)CNC1=O. The number of carbonyl (C=O) groups excluding carboxylic acids is 2. The molecule has 0 spiro atoms. The van der Waals surface area contributed by atoms with Crippen LogP contribution in [0.3, 0.4) is 0 Å². The molecular weight excluding hydrogens is 213 g/mol. The van der Waals surface area contributed by atoms with E-state index >= 15 is 0 Å². The van der Waals surface area contributed by atoms with Gasteiger partial charge >= 0.3 is 6.03 Å². The highest BCUT2D eigenvalue weighted by Crippen LogP contribution is 2.18. The van der Waals surface area contributed by atoms with Crippen LogP contribution in [-0.2, 0) is 11.3 Å². The lowest BCUT2D eigenvalue weighted by molar-refractivity contribution is -0.125. The van der Waals surface area contributed by atoms with Crippen LogP contribution in [0, 0.1) is 5.82 Å². The normalized spacial score (nSPS) is 15.4. The highest BCUT2D eigenvalue weighted by Gasteiger charge is 2.29. The van der Waals surface area contributed by atoms with Crippen molar-refractivity contribution in [1.82, 2.24) is 10.2 Å². The fourth-order valence-corrected chi connectivity index (χ4v) is 1.52. The molecule has 1 fully saturated rings. The summed E-state index contributed by atoms with van der Waals surface area (Å²) in [5.74, 6) is -0.903. The van der Waals surface area contributed by atoms with Gasteiger partial charge in [0.1, 0.15) is 5.82 Å². The van der Waals surface area contributed by atoms with Crippen molar-refractivity contribution in [2.45, 2.75) is 6.54 Å². The van der Waals surface area contributed by atoms with Crippen LogP contribution < -0.4 is 11.1 Å². The summed E-state index contributed by atoms with van der Waals surface area (Å²) >= 11 is 0. The van der Waals surface area contributed by atoms with Gasteiger partial charge in [0.05, 0.1) is 13.1 Å². The Balaban J connectivity index is 2.27. The first kappa shape index (κ1) is 10.4. The number of carbonyl (C=O) groups is 2. The first-order chi connectivity index (χ1) is 7.59. The van der Waals surface area contributed by atoms with Crippen molar-refractivity contribution in [2.24, 2.45) is 0 Å². The van der Waals surface area contributed by atoms with Gasteiger partial charge < -0.3 is 11.1 Å². The second-order valence-electron chi connectivity index (χ2n) is 3.45. The highest BCUT2D eigenvalue weighted by molar-refractivity contribution is 6.01. The number of nitrogens with one attached hydrogen (secondary N) is 1. The van der Waals surface area contributed by atoms with Gasteiger partial charge in [0, 0.05) is 11.3 Å². The molecule has 2 rings (SSSR count). The maximum atomic E-state index is 13.4. The van der Waals surface area contributed by atoms with E-state index in [1.807, 2.05) is 0 Å². The first-order valence-electron chi connectivity index (χ1n) is 4.70. The van der Waals surface area contributed by atoms with Crippen molar-refractivity contribution in [2.75, 3.05) is 12.3 Å². The number of anilines is 1. The summed E-state index contributed by atoms with van der Waals surface area (Å²) < 4.78 is 13.4. The van der Waals surface area contributed by atoms with E-state index in [0.29, 0.717) is 0 Å². The number of amides is 3. The molecule has 1 aromatic carbocycles. The molecule has 0 saturated carbocycles. The van der Waals surface area contributed by atoms with Crippen molar-refractivity contribution in [3.63, 3.8) is 0 Å². The average Bonchev–Trinajstić information content (AvgIpc) is 2.54. The molecule has 3 N–H and O–H groups in total. The minimum atomic E-state index is -0.521. The Bertz CT molecular complexity index is 425. The number of hydrogen-bond donors (Lipinski definition) is 2. The molecule has 3 amide bonds. The molecule has 1 aromatic rings. The van der Waals surface area contributed by atoms with Crippen molar-refractivity contribution in [1.29, 1.82) is 0 Å². The molecule has 1 aliphatic heterocycles. The van der Waals surface area contributed by atoms with Crippen LogP contribution in [0.25, 0.3) is 0 Å². The van der Waals surface area contributed by atoms with E-state index in [2.05, 4.69) is 5.32 Å². The average molecular weight is 223 g/mol. The number of imide groups is 1. The fourth-order valence-electron chi connectivity index (χ4n) is 1.52. The molecule has 6 heteroatoms. The topological polar surface area (TPSA) is 75.4 Å². The summed E-state index contributed by atoms with van der Waals surface area (Å²) in [5.41, 5.74) is 5.97. The van der Waals surface area contributed by atoms with Gasteiger partial charge in [-0.1, -0.05) is 6.07 Å². The lowest BCUT2D eigenvalue weighted by atomic mass is 10.1. The molecule has 0 radical (unpaired) electrons. The zero-order valence-electron chi connectivity index (χ0n) is 8.37. The van der Waals surface area contributed by atoms with Gasteiger partial charge in [-0.15, -0.1) is 0 Å². The fraction of sp³-hybridized carbons (Fsp3) is 0.200. The van der Waals surface area contributed by atoms with Gasteiger partial charge in [-0.2, -0.15) is 0 Å². The van der Waals surface area contributed by atoms with Crippen molar-refractivity contribution < 1.29 is 14.0 Å². The van der Waals surface area contributed by atoms with E-state index in [1.165, 1.54) is 18.2 Å².